The molecule has 0 amide bonds. The predicted octanol–water partition coefficient (Wildman–Crippen LogP) is 3.80. The number of nitrogens with one attached hydrogen (secondary N) is 1. The molecule has 1 heterocycles. The van der Waals surface area contributed by atoms with Crippen LogP contribution in [0.5, 0.6) is 5.75 Å². The van der Waals surface area contributed by atoms with Crippen LogP contribution in [0.4, 0.5) is 11.5 Å². The van der Waals surface area contributed by atoms with Crippen LogP contribution >= 0.6 is 11.6 Å². The number of benzene rings is 1. The standard InChI is InChI=1S/C15H15ClN2O3/c1-8-6-9(2)17-14(13(8)15(19)20)18-12-7-10(21-3)4-5-11(12)16/h4-7H,1-3H3,(H,17,18)(H,19,20). The van der Waals surface area contributed by atoms with Crippen LogP contribution < -0.4 is 10.1 Å². The second-order valence-electron chi connectivity index (χ2n) is 4.58. The maximum absolute atomic E-state index is 11.4. The van der Waals surface area contributed by atoms with Crippen LogP contribution in [0.15, 0.2) is 24.3 Å². The number of pyridine rings is 1. The zero-order valence-corrected chi connectivity index (χ0v) is 12.7. The molecule has 2 rings (SSSR count). The lowest BCUT2D eigenvalue weighted by Crippen LogP contribution is -2.08. The van der Waals surface area contributed by atoms with Crippen LogP contribution in [0.25, 0.3) is 0 Å². The van der Waals surface area contributed by atoms with Gasteiger partial charge in [-0.1, -0.05) is 11.6 Å². The van der Waals surface area contributed by atoms with Gasteiger partial charge in [0.15, 0.2) is 0 Å². The van der Waals surface area contributed by atoms with E-state index in [1.54, 1.807) is 45.2 Å². The summed E-state index contributed by atoms with van der Waals surface area (Å²) in [7, 11) is 1.55. The molecule has 0 aliphatic rings. The van der Waals surface area contributed by atoms with Crippen molar-refractivity contribution >= 4 is 29.1 Å². The topological polar surface area (TPSA) is 71.5 Å². The molecule has 0 unspecified atom stereocenters. The maximum atomic E-state index is 11.4. The summed E-state index contributed by atoms with van der Waals surface area (Å²) < 4.78 is 5.14. The van der Waals surface area contributed by atoms with Gasteiger partial charge in [-0.3, -0.25) is 0 Å². The van der Waals surface area contributed by atoms with Gasteiger partial charge in [0.1, 0.15) is 17.1 Å². The van der Waals surface area contributed by atoms with E-state index in [9.17, 15) is 9.90 Å². The molecule has 0 aliphatic heterocycles. The Labute approximate surface area is 127 Å². The average molecular weight is 307 g/mol. The Bertz CT molecular complexity index is 702. The highest BCUT2D eigenvalue weighted by Crippen LogP contribution is 2.31. The predicted molar refractivity (Wildman–Crippen MR) is 82.0 cm³/mol. The summed E-state index contributed by atoms with van der Waals surface area (Å²) in [6.07, 6.45) is 0. The molecule has 5 nitrogen and oxygen atoms in total. The molecule has 0 spiro atoms. The Kier molecular flexibility index (Phi) is 4.33. The van der Waals surface area contributed by atoms with Gasteiger partial charge < -0.3 is 15.2 Å². The number of carboxylic acid groups (broad SMARTS) is 1. The first-order chi connectivity index (χ1) is 9.92. The van der Waals surface area contributed by atoms with Crippen LogP contribution in [0.1, 0.15) is 21.6 Å². The van der Waals surface area contributed by atoms with Crippen molar-refractivity contribution < 1.29 is 14.6 Å². The normalized spacial score (nSPS) is 10.3. The van der Waals surface area contributed by atoms with Gasteiger partial charge in [-0.25, -0.2) is 9.78 Å². The van der Waals surface area contributed by atoms with Crippen molar-refractivity contribution in [1.82, 2.24) is 4.98 Å². The molecule has 0 saturated carbocycles. The van der Waals surface area contributed by atoms with E-state index >= 15 is 0 Å². The van der Waals surface area contributed by atoms with Crippen LogP contribution in [0.3, 0.4) is 0 Å². The second kappa shape index (κ2) is 6.01. The Balaban J connectivity index is 2.51. The molecule has 110 valence electrons. The fourth-order valence-corrected chi connectivity index (χ4v) is 2.22. The van der Waals surface area contributed by atoms with Crippen LogP contribution in [-0.2, 0) is 0 Å². The number of ether oxygens (including phenoxy) is 1. The van der Waals surface area contributed by atoms with E-state index in [0.717, 1.165) is 5.69 Å². The number of rotatable bonds is 4. The molecule has 0 aliphatic carbocycles. The average Bonchev–Trinajstić information content (AvgIpc) is 2.40. The summed E-state index contributed by atoms with van der Waals surface area (Å²) in [6.45, 7) is 3.54. The molecule has 0 bridgehead atoms. The smallest absolute Gasteiger partial charge is 0.339 e. The number of carbonyl (C=O) groups is 1. The summed E-state index contributed by atoms with van der Waals surface area (Å²) >= 11 is 6.12. The summed E-state index contributed by atoms with van der Waals surface area (Å²) in [5, 5.41) is 12.8. The third-order valence-electron chi connectivity index (χ3n) is 2.99. The first-order valence-corrected chi connectivity index (χ1v) is 6.62. The SMILES string of the molecule is COc1ccc(Cl)c(Nc2nc(C)cc(C)c2C(=O)O)c1. The fraction of sp³-hybridized carbons (Fsp3) is 0.200. The van der Waals surface area contributed by atoms with Gasteiger partial charge in [0.25, 0.3) is 0 Å². The lowest BCUT2D eigenvalue weighted by molar-refractivity contribution is 0.0697. The molecule has 0 fully saturated rings. The molecule has 21 heavy (non-hydrogen) atoms. The number of aromatic nitrogens is 1. The van der Waals surface area contributed by atoms with Crippen LogP contribution in [-0.4, -0.2) is 23.2 Å². The minimum atomic E-state index is -1.04. The zero-order valence-electron chi connectivity index (χ0n) is 11.9. The monoisotopic (exact) mass is 306 g/mol. The molecule has 1 aromatic heterocycles. The molecule has 2 aromatic rings. The summed E-state index contributed by atoms with van der Waals surface area (Å²) in [4.78, 5) is 15.7. The molecular weight excluding hydrogens is 292 g/mol. The van der Waals surface area contributed by atoms with Crippen LogP contribution in [0, 0.1) is 13.8 Å². The molecule has 2 N–H and O–H groups in total. The largest absolute Gasteiger partial charge is 0.497 e. The molecule has 0 saturated heterocycles. The fourth-order valence-electron chi connectivity index (χ4n) is 2.05. The number of nitrogens with zero attached hydrogens (tertiary/aromatic N) is 1. The highest BCUT2D eigenvalue weighted by Gasteiger charge is 2.17. The summed E-state index contributed by atoms with van der Waals surface area (Å²) in [5.74, 6) is -0.167. The summed E-state index contributed by atoms with van der Waals surface area (Å²) in [6, 6.07) is 6.81. The van der Waals surface area contributed by atoms with E-state index in [1.165, 1.54) is 0 Å². The third-order valence-corrected chi connectivity index (χ3v) is 3.31. The highest BCUT2D eigenvalue weighted by molar-refractivity contribution is 6.33. The van der Waals surface area contributed by atoms with E-state index in [1.807, 2.05) is 0 Å². The molecular formula is C15H15ClN2O3. The number of aromatic carboxylic acids is 1. The van der Waals surface area contributed by atoms with Gasteiger partial charge in [0.2, 0.25) is 0 Å². The lowest BCUT2D eigenvalue weighted by atomic mass is 10.1. The van der Waals surface area contributed by atoms with Gasteiger partial charge in [-0.15, -0.1) is 0 Å². The number of halogens is 1. The van der Waals surface area contributed by atoms with E-state index < -0.39 is 5.97 Å². The Hall–Kier alpha value is -2.27. The zero-order chi connectivity index (χ0) is 15.6. The van der Waals surface area contributed by atoms with E-state index in [2.05, 4.69) is 10.3 Å². The van der Waals surface area contributed by atoms with Crippen molar-refractivity contribution in [3.63, 3.8) is 0 Å². The van der Waals surface area contributed by atoms with Gasteiger partial charge in [0.05, 0.1) is 17.8 Å². The van der Waals surface area contributed by atoms with Gasteiger partial charge in [-0.2, -0.15) is 0 Å². The second-order valence-corrected chi connectivity index (χ2v) is 4.99. The minimum Gasteiger partial charge on any atom is -0.497 e. The van der Waals surface area contributed by atoms with Gasteiger partial charge >= 0.3 is 5.97 Å². The Morgan fingerprint density at radius 1 is 1.33 bits per heavy atom. The molecule has 0 radical (unpaired) electrons. The maximum Gasteiger partial charge on any atom is 0.339 e. The van der Waals surface area contributed by atoms with Crippen molar-refractivity contribution in [1.29, 1.82) is 0 Å². The number of hydrogen-bond acceptors (Lipinski definition) is 4. The number of carboxylic acids is 1. The van der Waals surface area contributed by atoms with Crippen molar-refractivity contribution in [3.05, 3.63) is 46.1 Å². The van der Waals surface area contributed by atoms with Gasteiger partial charge in [0, 0.05) is 11.8 Å². The molecule has 1 aromatic carbocycles. The minimum absolute atomic E-state index is 0.125. The Morgan fingerprint density at radius 2 is 2.05 bits per heavy atom. The van der Waals surface area contributed by atoms with Crippen molar-refractivity contribution in [3.8, 4) is 5.75 Å². The first-order valence-electron chi connectivity index (χ1n) is 6.24. The van der Waals surface area contributed by atoms with Crippen LogP contribution in [0.2, 0.25) is 5.02 Å². The van der Waals surface area contributed by atoms with Crippen molar-refractivity contribution in [2.45, 2.75) is 13.8 Å². The van der Waals surface area contributed by atoms with Gasteiger partial charge in [-0.05, 0) is 37.6 Å². The van der Waals surface area contributed by atoms with Crippen molar-refractivity contribution in [2.24, 2.45) is 0 Å². The van der Waals surface area contributed by atoms with E-state index in [-0.39, 0.29) is 11.4 Å². The molecule has 6 heteroatoms. The number of hydrogen-bond donors (Lipinski definition) is 2. The quantitative estimate of drug-likeness (QED) is 0.899. The Morgan fingerprint density at radius 3 is 2.67 bits per heavy atom. The summed E-state index contributed by atoms with van der Waals surface area (Å²) in [5.41, 5.74) is 2.02. The number of anilines is 2. The molecule has 0 atom stereocenters. The number of aryl methyl sites for hydroxylation is 2. The van der Waals surface area contributed by atoms with Crippen molar-refractivity contribution in [2.75, 3.05) is 12.4 Å². The first kappa shape index (κ1) is 15.1. The van der Waals surface area contributed by atoms with E-state index in [4.69, 9.17) is 16.3 Å². The van der Waals surface area contributed by atoms with E-state index in [0.29, 0.717) is 22.0 Å². The third kappa shape index (κ3) is 3.25. The number of methoxy groups -OCH3 is 1. The highest BCUT2D eigenvalue weighted by atomic mass is 35.5. The lowest BCUT2D eigenvalue weighted by Gasteiger charge is -2.13.